The van der Waals surface area contributed by atoms with E-state index in [-0.39, 0.29) is 11.5 Å². The zero-order valence-corrected chi connectivity index (χ0v) is 22.3. The number of amides is 2. The molecule has 1 saturated heterocycles. The van der Waals surface area contributed by atoms with Gasteiger partial charge in [0.05, 0.1) is 18.4 Å². The minimum atomic E-state index is -4.46. The fourth-order valence-electron chi connectivity index (χ4n) is 4.59. The molecule has 4 rings (SSSR count). The normalized spacial score (nSPS) is 14.1. The Bertz CT molecular complexity index is 1270. The van der Waals surface area contributed by atoms with Crippen molar-refractivity contribution in [2.24, 2.45) is 0 Å². The number of anilines is 2. The molecule has 10 heteroatoms. The number of piperazine rings is 1. The summed E-state index contributed by atoms with van der Waals surface area (Å²) >= 11 is 0. The molecule has 0 aromatic heterocycles. The molecule has 7 nitrogen and oxygen atoms in total. The van der Waals surface area contributed by atoms with E-state index in [9.17, 15) is 22.8 Å². The van der Waals surface area contributed by atoms with Crippen molar-refractivity contribution >= 4 is 23.2 Å². The van der Waals surface area contributed by atoms with Gasteiger partial charge in [0.2, 0.25) is 0 Å². The number of alkyl halides is 3. The van der Waals surface area contributed by atoms with E-state index in [0.717, 1.165) is 81.3 Å². The first-order valence-corrected chi connectivity index (χ1v) is 13.2. The molecule has 1 aliphatic heterocycles. The van der Waals surface area contributed by atoms with Gasteiger partial charge in [-0.15, -0.1) is 0 Å². The molecule has 0 atom stereocenters. The van der Waals surface area contributed by atoms with Crippen molar-refractivity contribution in [3.8, 4) is 5.75 Å². The monoisotopic (exact) mass is 554 g/mol. The number of nitrogens with zero attached hydrogens (tertiary/aromatic N) is 2. The number of carbonyl (C=O) groups excluding carboxylic acids is 2. The zero-order valence-electron chi connectivity index (χ0n) is 22.3. The van der Waals surface area contributed by atoms with Gasteiger partial charge in [-0.1, -0.05) is 12.1 Å². The third kappa shape index (κ3) is 7.75. The van der Waals surface area contributed by atoms with Crippen molar-refractivity contribution in [1.29, 1.82) is 0 Å². The highest BCUT2D eigenvalue weighted by molar-refractivity contribution is 6.04. The lowest BCUT2D eigenvalue weighted by atomic mass is 10.1. The highest BCUT2D eigenvalue weighted by atomic mass is 19.4. The van der Waals surface area contributed by atoms with Gasteiger partial charge < -0.3 is 20.3 Å². The fraction of sp³-hybridized carbons (Fsp3) is 0.333. The van der Waals surface area contributed by atoms with E-state index in [2.05, 4.69) is 26.5 Å². The first-order chi connectivity index (χ1) is 19.2. The molecule has 2 amide bonds. The molecule has 1 fully saturated rings. The molecule has 0 radical (unpaired) electrons. The predicted molar refractivity (Wildman–Crippen MR) is 149 cm³/mol. The van der Waals surface area contributed by atoms with Crippen molar-refractivity contribution in [3.05, 3.63) is 89.5 Å². The number of halogens is 3. The number of para-hydroxylation sites is 2. The molecule has 40 heavy (non-hydrogen) atoms. The van der Waals surface area contributed by atoms with Gasteiger partial charge >= 0.3 is 6.18 Å². The Balaban J connectivity index is 1.14. The number of ether oxygens (including phenoxy) is 1. The van der Waals surface area contributed by atoms with Crippen LogP contribution in [0.3, 0.4) is 0 Å². The molecule has 3 aromatic carbocycles. The number of nitrogens with one attached hydrogen (secondary N) is 2. The second-order valence-electron chi connectivity index (χ2n) is 9.57. The first kappa shape index (κ1) is 28.9. The van der Waals surface area contributed by atoms with E-state index in [1.165, 1.54) is 0 Å². The van der Waals surface area contributed by atoms with E-state index in [1.54, 1.807) is 31.4 Å². The Morgan fingerprint density at radius 2 is 1.45 bits per heavy atom. The van der Waals surface area contributed by atoms with Gasteiger partial charge in [0.1, 0.15) is 5.75 Å². The average Bonchev–Trinajstić information content (AvgIpc) is 2.97. The van der Waals surface area contributed by atoms with E-state index < -0.39 is 17.6 Å². The minimum absolute atomic E-state index is 0.105. The van der Waals surface area contributed by atoms with Crippen LogP contribution >= 0.6 is 0 Å². The molecular formula is C30H33F3N4O3. The van der Waals surface area contributed by atoms with Crippen LogP contribution in [0, 0.1) is 0 Å². The molecule has 1 heterocycles. The Morgan fingerprint density at radius 3 is 2.10 bits per heavy atom. The highest BCUT2D eigenvalue weighted by Gasteiger charge is 2.30. The quantitative estimate of drug-likeness (QED) is 0.333. The van der Waals surface area contributed by atoms with Gasteiger partial charge in [0.15, 0.2) is 0 Å². The predicted octanol–water partition coefficient (Wildman–Crippen LogP) is 5.30. The summed E-state index contributed by atoms with van der Waals surface area (Å²) in [6.45, 7) is 5.38. The molecule has 0 bridgehead atoms. The SMILES string of the molecule is COc1ccccc1N1CCN(CCCCNC(=O)c2ccc(NC(=O)c3ccc(C(F)(F)F)cc3)cc2)CC1. The Morgan fingerprint density at radius 1 is 0.825 bits per heavy atom. The minimum Gasteiger partial charge on any atom is -0.495 e. The van der Waals surface area contributed by atoms with Gasteiger partial charge in [-0.05, 0) is 80.1 Å². The number of hydrogen-bond donors (Lipinski definition) is 2. The Hall–Kier alpha value is -4.05. The van der Waals surface area contributed by atoms with Crippen LogP contribution in [-0.2, 0) is 6.18 Å². The van der Waals surface area contributed by atoms with Crippen molar-refractivity contribution in [2.75, 3.05) is 56.6 Å². The summed E-state index contributed by atoms with van der Waals surface area (Å²) in [7, 11) is 1.69. The maximum absolute atomic E-state index is 12.7. The smallest absolute Gasteiger partial charge is 0.416 e. The molecule has 0 saturated carbocycles. The molecule has 0 spiro atoms. The zero-order chi connectivity index (χ0) is 28.5. The number of methoxy groups -OCH3 is 1. The number of benzene rings is 3. The number of carbonyl (C=O) groups is 2. The molecule has 0 unspecified atom stereocenters. The summed E-state index contributed by atoms with van der Waals surface area (Å²) in [4.78, 5) is 29.6. The third-order valence-corrected chi connectivity index (χ3v) is 6.86. The molecule has 3 aromatic rings. The summed E-state index contributed by atoms with van der Waals surface area (Å²) in [5, 5.41) is 5.55. The number of unbranched alkanes of at least 4 members (excludes halogenated alkanes) is 1. The van der Waals surface area contributed by atoms with Gasteiger partial charge in [-0.3, -0.25) is 14.5 Å². The van der Waals surface area contributed by atoms with Crippen LogP contribution in [0.2, 0.25) is 0 Å². The maximum Gasteiger partial charge on any atom is 0.416 e. The lowest BCUT2D eigenvalue weighted by Gasteiger charge is -2.36. The van der Waals surface area contributed by atoms with Crippen LogP contribution in [0.5, 0.6) is 5.75 Å². The molecule has 0 aliphatic carbocycles. The van der Waals surface area contributed by atoms with Crippen molar-refractivity contribution in [3.63, 3.8) is 0 Å². The summed E-state index contributed by atoms with van der Waals surface area (Å²) in [6.07, 6.45) is -2.62. The third-order valence-electron chi connectivity index (χ3n) is 6.86. The Kier molecular flexibility index (Phi) is 9.65. The van der Waals surface area contributed by atoms with E-state index in [4.69, 9.17) is 4.74 Å². The van der Waals surface area contributed by atoms with E-state index in [0.29, 0.717) is 17.8 Å². The topological polar surface area (TPSA) is 73.9 Å². The lowest BCUT2D eigenvalue weighted by molar-refractivity contribution is -0.137. The molecule has 2 N–H and O–H groups in total. The van der Waals surface area contributed by atoms with Crippen LogP contribution in [0.1, 0.15) is 39.1 Å². The number of hydrogen-bond acceptors (Lipinski definition) is 5. The lowest BCUT2D eigenvalue weighted by Crippen LogP contribution is -2.46. The van der Waals surface area contributed by atoms with Crippen molar-refractivity contribution < 1.29 is 27.5 Å². The van der Waals surface area contributed by atoms with Crippen LogP contribution < -0.4 is 20.3 Å². The highest BCUT2D eigenvalue weighted by Crippen LogP contribution is 2.30. The second-order valence-corrected chi connectivity index (χ2v) is 9.57. The Labute approximate surface area is 231 Å². The van der Waals surface area contributed by atoms with Crippen molar-refractivity contribution in [2.45, 2.75) is 19.0 Å². The summed E-state index contributed by atoms with van der Waals surface area (Å²) in [5.74, 6) is 0.155. The van der Waals surface area contributed by atoms with E-state index in [1.807, 2.05) is 18.2 Å². The van der Waals surface area contributed by atoms with Crippen LogP contribution in [-0.4, -0.2) is 63.1 Å². The van der Waals surface area contributed by atoms with Gasteiger partial charge in [0.25, 0.3) is 11.8 Å². The van der Waals surface area contributed by atoms with Crippen molar-refractivity contribution in [1.82, 2.24) is 10.2 Å². The van der Waals surface area contributed by atoms with E-state index >= 15 is 0 Å². The molecular weight excluding hydrogens is 521 g/mol. The van der Waals surface area contributed by atoms with Crippen LogP contribution in [0.15, 0.2) is 72.8 Å². The maximum atomic E-state index is 12.7. The van der Waals surface area contributed by atoms with Gasteiger partial charge in [-0.2, -0.15) is 13.2 Å². The summed E-state index contributed by atoms with van der Waals surface area (Å²) < 4.78 is 43.6. The molecule has 1 aliphatic rings. The van der Waals surface area contributed by atoms with Crippen LogP contribution in [0.25, 0.3) is 0 Å². The van der Waals surface area contributed by atoms with Gasteiger partial charge in [-0.25, -0.2) is 0 Å². The first-order valence-electron chi connectivity index (χ1n) is 13.2. The second kappa shape index (κ2) is 13.3. The summed E-state index contributed by atoms with van der Waals surface area (Å²) in [5.41, 5.74) is 1.31. The standard InChI is InChI=1S/C30H33F3N4O3/c1-40-27-7-3-2-6-26(27)37-20-18-36(19-21-37)17-5-4-16-34-28(38)22-10-14-25(15-11-22)35-29(39)23-8-12-24(13-9-23)30(31,32)33/h2-3,6-15H,4-5,16-21H2,1H3,(H,34,38)(H,35,39). The average molecular weight is 555 g/mol. The number of rotatable bonds is 10. The molecule has 212 valence electrons. The summed E-state index contributed by atoms with van der Waals surface area (Å²) in [6, 6.07) is 18.4. The fourth-order valence-corrected chi connectivity index (χ4v) is 4.59. The largest absolute Gasteiger partial charge is 0.495 e. The van der Waals surface area contributed by atoms with Gasteiger partial charge in [0, 0.05) is 49.5 Å². The van der Waals surface area contributed by atoms with Crippen LogP contribution in [0.4, 0.5) is 24.5 Å².